The third-order valence-electron chi connectivity index (χ3n) is 3.22. The molecule has 0 saturated carbocycles. The second-order valence-electron chi connectivity index (χ2n) is 4.51. The fraction of sp³-hybridized carbons (Fsp3) is 0.429. The summed E-state index contributed by atoms with van der Waals surface area (Å²) in [6.45, 7) is 0.456. The molecule has 0 radical (unpaired) electrons. The number of likely N-dealkylation sites (tertiary alicyclic amines) is 1. The van der Waals surface area contributed by atoms with Gasteiger partial charge >= 0.3 is 5.97 Å². The number of esters is 1. The fourth-order valence-corrected chi connectivity index (χ4v) is 2.33. The second kappa shape index (κ2) is 6.61. The number of hydrogen-bond acceptors (Lipinski definition) is 4. The molecule has 0 bridgehead atoms. The van der Waals surface area contributed by atoms with Crippen molar-refractivity contribution >= 4 is 23.5 Å². The van der Waals surface area contributed by atoms with Gasteiger partial charge < -0.3 is 14.4 Å². The van der Waals surface area contributed by atoms with Gasteiger partial charge in [-0.05, 0) is 37.1 Å². The van der Waals surface area contributed by atoms with Crippen molar-refractivity contribution < 1.29 is 19.1 Å². The van der Waals surface area contributed by atoms with E-state index in [1.807, 2.05) is 0 Å². The Labute approximate surface area is 122 Å². The molecule has 1 heterocycles. The highest BCUT2D eigenvalue weighted by Gasteiger charge is 2.34. The van der Waals surface area contributed by atoms with E-state index in [4.69, 9.17) is 21.1 Å². The molecule has 0 spiro atoms. The summed E-state index contributed by atoms with van der Waals surface area (Å²) in [5, 5.41) is 0.606. The predicted molar refractivity (Wildman–Crippen MR) is 73.7 cm³/mol. The third kappa shape index (κ3) is 3.42. The zero-order valence-corrected chi connectivity index (χ0v) is 11.9. The molecule has 1 aliphatic rings. The zero-order valence-electron chi connectivity index (χ0n) is 11.2. The van der Waals surface area contributed by atoms with Crippen LogP contribution in [0.5, 0.6) is 5.75 Å². The third-order valence-corrected chi connectivity index (χ3v) is 3.47. The van der Waals surface area contributed by atoms with Gasteiger partial charge in [-0.25, -0.2) is 4.79 Å². The van der Waals surface area contributed by atoms with E-state index in [2.05, 4.69) is 0 Å². The number of ether oxygens (including phenoxy) is 2. The summed E-state index contributed by atoms with van der Waals surface area (Å²) >= 11 is 5.77. The number of halogens is 1. The molecule has 0 aliphatic carbocycles. The lowest BCUT2D eigenvalue weighted by atomic mass is 10.2. The van der Waals surface area contributed by atoms with Crippen LogP contribution in [0.1, 0.15) is 12.8 Å². The molecule has 1 aromatic carbocycles. The van der Waals surface area contributed by atoms with E-state index in [-0.39, 0.29) is 18.5 Å². The van der Waals surface area contributed by atoms with Gasteiger partial charge in [0, 0.05) is 11.6 Å². The highest BCUT2D eigenvalue weighted by molar-refractivity contribution is 6.30. The molecule has 2 rings (SSSR count). The molecule has 1 aliphatic heterocycles. The van der Waals surface area contributed by atoms with Crippen molar-refractivity contribution in [3.05, 3.63) is 29.3 Å². The number of rotatable bonds is 4. The van der Waals surface area contributed by atoms with Crippen molar-refractivity contribution in [3.63, 3.8) is 0 Å². The molecule has 1 aromatic rings. The van der Waals surface area contributed by atoms with Crippen molar-refractivity contribution in [2.75, 3.05) is 20.3 Å². The van der Waals surface area contributed by atoms with Gasteiger partial charge in [-0.2, -0.15) is 0 Å². The summed E-state index contributed by atoms with van der Waals surface area (Å²) in [4.78, 5) is 25.2. The Balaban J connectivity index is 1.91. The van der Waals surface area contributed by atoms with Crippen LogP contribution in [-0.2, 0) is 14.3 Å². The number of carbonyl (C=O) groups is 2. The SMILES string of the molecule is COC(=O)C1CCCN1C(=O)COc1ccc(Cl)cc1. The van der Waals surface area contributed by atoms with E-state index in [9.17, 15) is 9.59 Å². The van der Waals surface area contributed by atoms with Crippen LogP contribution < -0.4 is 4.74 Å². The standard InChI is InChI=1S/C14H16ClNO4/c1-19-14(18)12-3-2-8-16(12)13(17)9-20-11-6-4-10(15)5-7-11/h4-7,12H,2-3,8-9H2,1H3. The molecule has 5 nitrogen and oxygen atoms in total. The van der Waals surface area contributed by atoms with E-state index in [0.717, 1.165) is 6.42 Å². The van der Waals surface area contributed by atoms with Crippen molar-refractivity contribution in [2.24, 2.45) is 0 Å². The molecule has 6 heteroatoms. The lowest BCUT2D eigenvalue weighted by Crippen LogP contribution is -2.43. The Morgan fingerprint density at radius 2 is 2.05 bits per heavy atom. The number of carbonyl (C=O) groups excluding carboxylic acids is 2. The Kier molecular flexibility index (Phi) is 4.84. The Morgan fingerprint density at radius 3 is 2.70 bits per heavy atom. The quantitative estimate of drug-likeness (QED) is 0.796. The van der Waals surface area contributed by atoms with Gasteiger partial charge in [0.2, 0.25) is 0 Å². The van der Waals surface area contributed by atoms with E-state index >= 15 is 0 Å². The molecule has 1 unspecified atom stereocenters. The van der Waals surface area contributed by atoms with Gasteiger partial charge in [0.15, 0.2) is 6.61 Å². The topological polar surface area (TPSA) is 55.8 Å². The number of hydrogen-bond donors (Lipinski definition) is 0. The molecule has 1 fully saturated rings. The molecule has 108 valence electrons. The van der Waals surface area contributed by atoms with Crippen molar-refractivity contribution in [3.8, 4) is 5.75 Å². The highest BCUT2D eigenvalue weighted by Crippen LogP contribution is 2.19. The second-order valence-corrected chi connectivity index (χ2v) is 4.95. The van der Waals surface area contributed by atoms with Crippen LogP contribution in [-0.4, -0.2) is 43.1 Å². The van der Waals surface area contributed by atoms with Crippen LogP contribution in [0, 0.1) is 0 Å². The normalized spacial score (nSPS) is 17.9. The van der Waals surface area contributed by atoms with Gasteiger partial charge in [0.25, 0.3) is 5.91 Å². The summed E-state index contributed by atoms with van der Waals surface area (Å²) in [5.74, 6) is -0.0215. The lowest BCUT2D eigenvalue weighted by Gasteiger charge is -2.22. The highest BCUT2D eigenvalue weighted by atomic mass is 35.5. The van der Waals surface area contributed by atoms with E-state index in [1.54, 1.807) is 24.3 Å². The molecule has 0 N–H and O–H groups in total. The van der Waals surface area contributed by atoms with Crippen LogP contribution >= 0.6 is 11.6 Å². The maximum absolute atomic E-state index is 12.1. The van der Waals surface area contributed by atoms with Gasteiger partial charge in [0.1, 0.15) is 11.8 Å². The minimum Gasteiger partial charge on any atom is -0.484 e. The molecule has 0 aromatic heterocycles. The van der Waals surface area contributed by atoms with Crippen molar-refractivity contribution in [1.82, 2.24) is 4.90 Å². The molecule has 1 saturated heterocycles. The van der Waals surface area contributed by atoms with Crippen LogP contribution in [0.2, 0.25) is 5.02 Å². The Morgan fingerprint density at radius 1 is 1.35 bits per heavy atom. The summed E-state index contributed by atoms with van der Waals surface area (Å²) in [6.07, 6.45) is 1.44. The molecule has 1 amide bonds. The number of methoxy groups -OCH3 is 1. The number of amides is 1. The summed E-state index contributed by atoms with van der Waals surface area (Å²) in [6, 6.07) is 6.28. The average Bonchev–Trinajstić information content (AvgIpc) is 2.95. The minimum atomic E-state index is -0.485. The minimum absolute atomic E-state index is 0.102. The van der Waals surface area contributed by atoms with E-state index in [1.165, 1.54) is 12.0 Å². The largest absolute Gasteiger partial charge is 0.484 e. The first-order valence-electron chi connectivity index (χ1n) is 6.37. The first kappa shape index (κ1) is 14.7. The maximum Gasteiger partial charge on any atom is 0.328 e. The first-order valence-corrected chi connectivity index (χ1v) is 6.75. The Hall–Kier alpha value is -1.75. The van der Waals surface area contributed by atoms with Crippen LogP contribution in [0.25, 0.3) is 0 Å². The predicted octanol–water partition coefficient (Wildman–Crippen LogP) is 1.88. The Bertz CT molecular complexity index is 488. The van der Waals surface area contributed by atoms with Gasteiger partial charge in [-0.3, -0.25) is 4.79 Å². The number of benzene rings is 1. The van der Waals surface area contributed by atoms with Crippen molar-refractivity contribution in [1.29, 1.82) is 0 Å². The van der Waals surface area contributed by atoms with Crippen LogP contribution in [0.15, 0.2) is 24.3 Å². The molecule has 20 heavy (non-hydrogen) atoms. The molecular weight excluding hydrogens is 282 g/mol. The molecule has 1 atom stereocenters. The van der Waals surface area contributed by atoms with E-state index < -0.39 is 6.04 Å². The number of nitrogens with zero attached hydrogens (tertiary/aromatic N) is 1. The van der Waals surface area contributed by atoms with Crippen LogP contribution in [0.3, 0.4) is 0 Å². The maximum atomic E-state index is 12.1. The zero-order chi connectivity index (χ0) is 14.5. The lowest BCUT2D eigenvalue weighted by molar-refractivity contribution is -0.151. The summed E-state index contributed by atoms with van der Waals surface area (Å²) in [5.41, 5.74) is 0. The molecular formula is C14H16ClNO4. The van der Waals surface area contributed by atoms with Crippen molar-refractivity contribution in [2.45, 2.75) is 18.9 Å². The van der Waals surface area contributed by atoms with Gasteiger partial charge in [-0.15, -0.1) is 0 Å². The van der Waals surface area contributed by atoms with Gasteiger partial charge in [0.05, 0.1) is 7.11 Å². The summed E-state index contributed by atoms with van der Waals surface area (Å²) < 4.78 is 10.1. The van der Waals surface area contributed by atoms with Gasteiger partial charge in [-0.1, -0.05) is 11.6 Å². The summed E-state index contributed by atoms with van der Waals surface area (Å²) in [7, 11) is 1.33. The fourth-order valence-electron chi connectivity index (χ4n) is 2.21. The van der Waals surface area contributed by atoms with Crippen LogP contribution in [0.4, 0.5) is 0 Å². The monoisotopic (exact) mass is 297 g/mol. The average molecular weight is 298 g/mol. The van der Waals surface area contributed by atoms with E-state index in [0.29, 0.717) is 23.7 Å². The smallest absolute Gasteiger partial charge is 0.328 e. The first-order chi connectivity index (χ1) is 9.61.